The Morgan fingerprint density at radius 2 is 0.867 bits per heavy atom. The van der Waals surface area contributed by atoms with Crippen molar-refractivity contribution in [3.63, 3.8) is 0 Å². The maximum Gasteiger partial charge on any atom is 0.418 e. The third-order valence-electron chi connectivity index (χ3n) is 4.81. The summed E-state index contributed by atoms with van der Waals surface area (Å²) in [6.45, 7) is 0. The van der Waals surface area contributed by atoms with E-state index in [0.29, 0.717) is 24.3 Å². The van der Waals surface area contributed by atoms with E-state index in [2.05, 4.69) is 24.3 Å². The highest BCUT2D eigenvalue weighted by atomic mass is 31.1. The van der Waals surface area contributed by atoms with Crippen LogP contribution in [0.2, 0.25) is 0 Å². The molecule has 30 heavy (non-hydrogen) atoms. The van der Waals surface area contributed by atoms with Crippen LogP contribution in [0.3, 0.4) is 0 Å². The van der Waals surface area contributed by atoms with Crippen molar-refractivity contribution in [2.24, 2.45) is 0 Å². The monoisotopic (exact) mass is 414 g/mol. The van der Waals surface area contributed by atoms with Crippen molar-refractivity contribution in [1.29, 1.82) is 0 Å². The van der Waals surface area contributed by atoms with Crippen LogP contribution in [0, 0.1) is 0 Å². The molecule has 0 atom stereocenters. The molecule has 0 aliphatic rings. The van der Waals surface area contributed by atoms with Crippen LogP contribution < -0.4 is 9.05 Å². The number of para-hydroxylation sites is 2. The highest BCUT2D eigenvalue weighted by Crippen LogP contribution is 2.35. The van der Waals surface area contributed by atoms with E-state index in [-0.39, 0.29) is 0 Å². The molecule has 4 rings (SSSR count). The van der Waals surface area contributed by atoms with Gasteiger partial charge in [-0.1, -0.05) is 97.1 Å². The van der Waals surface area contributed by atoms with Crippen molar-refractivity contribution in [1.82, 2.24) is 0 Å². The topological polar surface area (TPSA) is 35.5 Å². The lowest BCUT2D eigenvalue weighted by Gasteiger charge is -2.14. The van der Waals surface area contributed by atoms with Crippen LogP contribution in [0.25, 0.3) is 0 Å². The van der Waals surface area contributed by atoms with Crippen LogP contribution in [0.15, 0.2) is 109 Å². The minimum atomic E-state index is -2.77. The van der Waals surface area contributed by atoms with Crippen molar-refractivity contribution in [3.8, 4) is 11.5 Å². The zero-order chi connectivity index (χ0) is 20.6. The zero-order valence-corrected chi connectivity index (χ0v) is 17.5. The Morgan fingerprint density at radius 3 is 1.30 bits per heavy atom. The molecule has 3 nitrogen and oxygen atoms in total. The number of benzene rings is 4. The fourth-order valence-corrected chi connectivity index (χ4v) is 4.13. The molecule has 0 amide bonds. The molecule has 150 valence electrons. The molecule has 4 heteroatoms. The molecule has 0 spiro atoms. The van der Waals surface area contributed by atoms with E-state index in [1.165, 1.54) is 11.1 Å². The molecule has 0 saturated heterocycles. The Hall–Kier alpha value is -3.29. The number of hydrogen-bond donors (Lipinski definition) is 0. The number of rotatable bonds is 8. The summed E-state index contributed by atoms with van der Waals surface area (Å²) in [5.41, 5.74) is 4.29. The first-order chi connectivity index (χ1) is 14.8. The van der Waals surface area contributed by atoms with Gasteiger partial charge in [-0.2, -0.15) is 0 Å². The summed E-state index contributed by atoms with van der Waals surface area (Å²) in [6, 6.07) is 35.6. The predicted molar refractivity (Wildman–Crippen MR) is 122 cm³/mol. The molecule has 0 aliphatic carbocycles. The SMILES string of the molecule is O=[PH](Oc1ccccc1Cc1ccccc1)Oc1ccccc1Cc1ccccc1. The summed E-state index contributed by atoms with van der Waals surface area (Å²) >= 11 is 0. The van der Waals surface area contributed by atoms with Gasteiger partial charge in [0.15, 0.2) is 0 Å². The Morgan fingerprint density at radius 1 is 0.500 bits per heavy atom. The van der Waals surface area contributed by atoms with Crippen LogP contribution in [-0.4, -0.2) is 0 Å². The maximum atomic E-state index is 12.7. The summed E-state index contributed by atoms with van der Waals surface area (Å²) < 4.78 is 24.2. The van der Waals surface area contributed by atoms with Gasteiger partial charge in [-0.3, -0.25) is 0 Å². The highest BCUT2D eigenvalue weighted by Gasteiger charge is 2.12. The van der Waals surface area contributed by atoms with Crippen molar-refractivity contribution in [2.45, 2.75) is 12.8 Å². The van der Waals surface area contributed by atoms with Gasteiger partial charge >= 0.3 is 8.25 Å². The third-order valence-corrected chi connectivity index (χ3v) is 5.58. The van der Waals surface area contributed by atoms with Gasteiger partial charge in [0.2, 0.25) is 0 Å². The van der Waals surface area contributed by atoms with E-state index < -0.39 is 8.25 Å². The molecule has 0 radical (unpaired) electrons. The summed E-state index contributed by atoms with van der Waals surface area (Å²) in [4.78, 5) is 0. The molecule has 0 aliphatic heterocycles. The normalized spacial score (nSPS) is 10.7. The summed E-state index contributed by atoms with van der Waals surface area (Å²) in [5, 5.41) is 0. The van der Waals surface area contributed by atoms with Gasteiger partial charge in [-0.05, 0) is 34.4 Å². The van der Waals surface area contributed by atoms with E-state index in [4.69, 9.17) is 9.05 Å². The lowest BCUT2D eigenvalue weighted by Crippen LogP contribution is -1.97. The van der Waals surface area contributed by atoms with Crippen LogP contribution >= 0.6 is 8.25 Å². The van der Waals surface area contributed by atoms with Crippen LogP contribution in [0.1, 0.15) is 22.3 Å². The molecular formula is C26H23O3P. The fraction of sp³-hybridized carbons (Fsp3) is 0.0769. The molecule has 4 aromatic rings. The Balaban J connectivity index is 1.47. The Kier molecular flexibility index (Phi) is 6.64. The average molecular weight is 414 g/mol. The predicted octanol–water partition coefficient (Wildman–Crippen LogP) is 6.72. The first-order valence-corrected chi connectivity index (χ1v) is 11.1. The van der Waals surface area contributed by atoms with E-state index in [1.807, 2.05) is 84.9 Å². The molecule has 0 fully saturated rings. The van der Waals surface area contributed by atoms with E-state index in [9.17, 15) is 4.57 Å². The van der Waals surface area contributed by atoms with E-state index in [1.54, 1.807) is 0 Å². The first-order valence-electron chi connectivity index (χ1n) is 9.91. The van der Waals surface area contributed by atoms with E-state index >= 15 is 0 Å². The van der Waals surface area contributed by atoms with E-state index in [0.717, 1.165) is 11.1 Å². The summed E-state index contributed by atoms with van der Waals surface area (Å²) in [5.74, 6) is 1.18. The molecule has 0 bridgehead atoms. The third kappa shape index (κ3) is 5.40. The highest BCUT2D eigenvalue weighted by molar-refractivity contribution is 7.34. The molecule has 0 N–H and O–H groups in total. The second kappa shape index (κ2) is 9.96. The van der Waals surface area contributed by atoms with Crippen molar-refractivity contribution >= 4 is 8.25 Å². The molecule has 0 saturated carbocycles. The molecule has 0 heterocycles. The Labute approximate surface area is 177 Å². The van der Waals surface area contributed by atoms with Crippen molar-refractivity contribution < 1.29 is 13.6 Å². The minimum Gasteiger partial charge on any atom is -0.418 e. The fourth-order valence-electron chi connectivity index (χ4n) is 3.33. The molecule has 4 aromatic carbocycles. The zero-order valence-electron chi connectivity index (χ0n) is 16.5. The Bertz CT molecular complexity index is 1020. The van der Waals surface area contributed by atoms with Gasteiger partial charge in [0.1, 0.15) is 11.5 Å². The quantitative estimate of drug-likeness (QED) is 0.300. The smallest absolute Gasteiger partial charge is 0.418 e. The van der Waals surface area contributed by atoms with Gasteiger partial charge < -0.3 is 9.05 Å². The lowest BCUT2D eigenvalue weighted by atomic mass is 10.0. The largest absolute Gasteiger partial charge is 0.418 e. The second-order valence-electron chi connectivity index (χ2n) is 6.99. The second-order valence-corrected chi connectivity index (χ2v) is 7.90. The van der Waals surface area contributed by atoms with Gasteiger partial charge in [0.05, 0.1) is 0 Å². The van der Waals surface area contributed by atoms with Crippen molar-refractivity contribution in [3.05, 3.63) is 131 Å². The summed E-state index contributed by atoms with van der Waals surface area (Å²) in [6.07, 6.45) is 1.41. The number of hydrogen-bond acceptors (Lipinski definition) is 3. The van der Waals surface area contributed by atoms with Crippen LogP contribution in [-0.2, 0) is 17.4 Å². The standard InChI is InChI=1S/C26H23O3P/c27-30(28-25-17-9-7-15-23(25)19-21-11-3-1-4-12-21)29-26-18-10-8-16-24(26)20-22-13-5-2-6-14-22/h1-18,30H,19-20H2. The van der Waals surface area contributed by atoms with Gasteiger partial charge in [0.25, 0.3) is 0 Å². The first kappa shape index (κ1) is 20.0. The maximum absolute atomic E-state index is 12.7. The minimum absolute atomic E-state index is 0.589. The molecule has 0 aromatic heterocycles. The van der Waals surface area contributed by atoms with Crippen molar-refractivity contribution in [2.75, 3.05) is 0 Å². The average Bonchev–Trinajstić information content (AvgIpc) is 2.78. The van der Waals surface area contributed by atoms with Crippen LogP contribution in [0.4, 0.5) is 0 Å². The van der Waals surface area contributed by atoms with Gasteiger partial charge in [-0.15, -0.1) is 0 Å². The summed E-state index contributed by atoms with van der Waals surface area (Å²) in [7, 11) is -2.77. The van der Waals surface area contributed by atoms with Crippen LogP contribution in [0.5, 0.6) is 11.5 Å². The molecule has 0 unspecified atom stereocenters. The van der Waals surface area contributed by atoms with Gasteiger partial charge in [0, 0.05) is 12.8 Å². The molecular weight excluding hydrogens is 391 g/mol. The lowest BCUT2D eigenvalue weighted by molar-refractivity contribution is 0.412. The van der Waals surface area contributed by atoms with Gasteiger partial charge in [-0.25, -0.2) is 4.57 Å².